The lowest BCUT2D eigenvalue weighted by atomic mass is 10.2. The van der Waals surface area contributed by atoms with Crippen LogP contribution < -0.4 is 5.73 Å². The minimum Gasteiger partial charge on any atom is -0.393 e. The SMILES string of the molecule is CN1CCOC(CN(C)CCC(N)=S)C1. The topological polar surface area (TPSA) is 41.7 Å². The molecule has 0 spiro atoms. The number of morpholine rings is 1. The lowest BCUT2D eigenvalue weighted by Gasteiger charge is -2.32. The molecule has 4 nitrogen and oxygen atoms in total. The van der Waals surface area contributed by atoms with Crippen molar-refractivity contribution in [3.63, 3.8) is 0 Å². The third-order valence-electron chi connectivity index (χ3n) is 2.60. The Balaban J connectivity index is 2.18. The molecule has 0 radical (unpaired) electrons. The van der Waals surface area contributed by atoms with Crippen LogP contribution in [0, 0.1) is 0 Å². The summed E-state index contributed by atoms with van der Waals surface area (Å²) in [4.78, 5) is 5.11. The molecule has 0 saturated carbocycles. The van der Waals surface area contributed by atoms with Crippen molar-refractivity contribution >= 4 is 17.2 Å². The molecule has 1 saturated heterocycles. The van der Waals surface area contributed by atoms with Crippen LogP contribution >= 0.6 is 12.2 Å². The van der Waals surface area contributed by atoms with Crippen LogP contribution in [0.5, 0.6) is 0 Å². The average molecular weight is 231 g/mol. The predicted molar refractivity (Wildman–Crippen MR) is 66.1 cm³/mol. The van der Waals surface area contributed by atoms with Gasteiger partial charge in [0.15, 0.2) is 0 Å². The van der Waals surface area contributed by atoms with Crippen molar-refractivity contribution in [2.24, 2.45) is 5.73 Å². The molecule has 2 N–H and O–H groups in total. The van der Waals surface area contributed by atoms with Crippen molar-refractivity contribution < 1.29 is 4.74 Å². The maximum atomic E-state index is 5.68. The van der Waals surface area contributed by atoms with Crippen molar-refractivity contribution in [1.82, 2.24) is 9.80 Å². The monoisotopic (exact) mass is 231 g/mol. The largest absolute Gasteiger partial charge is 0.393 e. The third kappa shape index (κ3) is 5.41. The summed E-state index contributed by atoms with van der Waals surface area (Å²) >= 11 is 4.85. The van der Waals surface area contributed by atoms with Crippen LogP contribution in [-0.2, 0) is 4.74 Å². The van der Waals surface area contributed by atoms with Crippen LogP contribution in [0.25, 0.3) is 0 Å². The van der Waals surface area contributed by atoms with Gasteiger partial charge in [0.25, 0.3) is 0 Å². The molecule has 0 aliphatic carbocycles. The summed E-state index contributed by atoms with van der Waals surface area (Å²) in [6.45, 7) is 4.75. The number of rotatable bonds is 5. The van der Waals surface area contributed by atoms with Crippen LogP contribution in [0.1, 0.15) is 6.42 Å². The maximum absolute atomic E-state index is 5.68. The molecule has 1 aliphatic heterocycles. The standard InChI is InChI=1S/C10H21N3OS/c1-12(4-3-10(11)15)7-9-8-13(2)5-6-14-9/h9H,3-8H2,1-2H3,(H2,11,15). The van der Waals surface area contributed by atoms with Gasteiger partial charge < -0.3 is 20.3 Å². The molecule has 1 rings (SSSR count). The average Bonchev–Trinajstić information content (AvgIpc) is 2.15. The molecule has 0 aromatic carbocycles. The second kappa shape index (κ2) is 6.37. The summed E-state index contributed by atoms with van der Waals surface area (Å²) in [5.41, 5.74) is 5.46. The molecule has 88 valence electrons. The number of hydrogen-bond acceptors (Lipinski definition) is 4. The van der Waals surface area contributed by atoms with Gasteiger partial charge in [0, 0.05) is 32.6 Å². The zero-order valence-electron chi connectivity index (χ0n) is 9.61. The number of nitrogens with zero attached hydrogens (tertiary/aromatic N) is 2. The molecule has 0 bridgehead atoms. The number of ether oxygens (including phenoxy) is 1. The van der Waals surface area contributed by atoms with Gasteiger partial charge in [-0.3, -0.25) is 0 Å². The van der Waals surface area contributed by atoms with Gasteiger partial charge in [-0.2, -0.15) is 0 Å². The highest BCUT2D eigenvalue weighted by molar-refractivity contribution is 7.80. The lowest BCUT2D eigenvalue weighted by Crippen LogP contribution is -2.45. The van der Waals surface area contributed by atoms with E-state index in [-0.39, 0.29) is 0 Å². The number of thiocarbonyl (C=S) groups is 1. The van der Waals surface area contributed by atoms with Crippen molar-refractivity contribution in [2.75, 3.05) is 46.9 Å². The summed E-state index contributed by atoms with van der Waals surface area (Å²) in [5.74, 6) is 0. The smallest absolute Gasteiger partial charge is 0.0829 e. The van der Waals surface area contributed by atoms with Gasteiger partial charge in [-0.1, -0.05) is 12.2 Å². The molecule has 0 amide bonds. The van der Waals surface area contributed by atoms with Crippen molar-refractivity contribution in [1.29, 1.82) is 0 Å². The van der Waals surface area contributed by atoms with E-state index >= 15 is 0 Å². The normalized spacial score (nSPS) is 23.3. The maximum Gasteiger partial charge on any atom is 0.0829 e. The summed E-state index contributed by atoms with van der Waals surface area (Å²) < 4.78 is 5.68. The molecular weight excluding hydrogens is 210 g/mol. The summed E-state index contributed by atoms with van der Waals surface area (Å²) in [6, 6.07) is 0. The Hall–Kier alpha value is -0.230. The Bertz CT molecular complexity index is 213. The van der Waals surface area contributed by atoms with Gasteiger partial charge in [-0.25, -0.2) is 0 Å². The minimum atomic E-state index is 0.320. The number of nitrogens with two attached hydrogens (primary N) is 1. The van der Waals surface area contributed by atoms with Crippen LogP contribution in [0.2, 0.25) is 0 Å². The van der Waals surface area contributed by atoms with E-state index in [9.17, 15) is 0 Å². The van der Waals surface area contributed by atoms with Gasteiger partial charge in [0.2, 0.25) is 0 Å². The van der Waals surface area contributed by atoms with Gasteiger partial charge in [-0.05, 0) is 14.1 Å². The molecular formula is C10H21N3OS. The first-order valence-corrected chi connectivity index (χ1v) is 5.75. The van der Waals surface area contributed by atoms with Crippen LogP contribution in [-0.4, -0.2) is 67.8 Å². The summed E-state index contributed by atoms with van der Waals surface area (Å²) in [6.07, 6.45) is 1.11. The fourth-order valence-corrected chi connectivity index (χ4v) is 1.81. The molecule has 15 heavy (non-hydrogen) atoms. The molecule has 0 aromatic rings. The Morgan fingerprint density at radius 1 is 1.67 bits per heavy atom. The van der Waals surface area contributed by atoms with Gasteiger partial charge in [-0.15, -0.1) is 0 Å². The first kappa shape index (κ1) is 12.8. The highest BCUT2D eigenvalue weighted by atomic mass is 32.1. The molecule has 1 unspecified atom stereocenters. The number of likely N-dealkylation sites (N-methyl/N-ethyl adjacent to an activating group) is 2. The fourth-order valence-electron chi connectivity index (χ4n) is 1.72. The van der Waals surface area contributed by atoms with Gasteiger partial charge in [0.05, 0.1) is 17.7 Å². The Morgan fingerprint density at radius 3 is 3.00 bits per heavy atom. The van der Waals surface area contributed by atoms with Crippen molar-refractivity contribution in [3.05, 3.63) is 0 Å². The van der Waals surface area contributed by atoms with E-state index in [4.69, 9.17) is 22.7 Å². The molecule has 1 atom stereocenters. The van der Waals surface area contributed by atoms with E-state index in [0.717, 1.165) is 39.2 Å². The Labute approximate surface area is 97.3 Å². The van der Waals surface area contributed by atoms with Crippen molar-refractivity contribution in [2.45, 2.75) is 12.5 Å². The summed E-state index contributed by atoms with van der Waals surface area (Å²) in [5, 5.41) is 0. The zero-order chi connectivity index (χ0) is 11.3. The first-order valence-electron chi connectivity index (χ1n) is 5.35. The van der Waals surface area contributed by atoms with Gasteiger partial charge >= 0.3 is 0 Å². The highest BCUT2D eigenvalue weighted by Gasteiger charge is 2.18. The highest BCUT2D eigenvalue weighted by Crippen LogP contribution is 2.04. The van der Waals surface area contributed by atoms with Crippen LogP contribution in [0.4, 0.5) is 0 Å². The first-order chi connectivity index (χ1) is 7.08. The molecule has 0 aromatic heterocycles. The zero-order valence-corrected chi connectivity index (χ0v) is 10.4. The Kier molecular flexibility index (Phi) is 5.45. The minimum absolute atomic E-state index is 0.320. The van der Waals surface area contributed by atoms with E-state index < -0.39 is 0 Å². The van der Waals surface area contributed by atoms with E-state index in [0.29, 0.717) is 11.1 Å². The van der Waals surface area contributed by atoms with E-state index in [1.54, 1.807) is 0 Å². The molecule has 1 fully saturated rings. The lowest BCUT2D eigenvalue weighted by molar-refractivity contribution is -0.0321. The summed E-state index contributed by atoms with van der Waals surface area (Å²) in [7, 11) is 4.21. The van der Waals surface area contributed by atoms with E-state index in [2.05, 4.69) is 23.9 Å². The van der Waals surface area contributed by atoms with Crippen LogP contribution in [0.15, 0.2) is 0 Å². The van der Waals surface area contributed by atoms with E-state index in [1.807, 2.05) is 0 Å². The third-order valence-corrected chi connectivity index (χ3v) is 2.80. The second-order valence-electron chi connectivity index (χ2n) is 4.23. The van der Waals surface area contributed by atoms with Gasteiger partial charge in [0.1, 0.15) is 0 Å². The second-order valence-corrected chi connectivity index (χ2v) is 4.76. The molecule has 1 heterocycles. The fraction of sp³-hybridized carbons (Fsp3) is 0.900. The molecule has 5 heteroatoms. The van der Waals surface area contributed by atoms with Crippen molar-refractivity contribution in [3.8, 4) is 0 Å². The van der Waals surface area contributed by atoms with E-state index in [1.165, 1.54) is 0 Å². The quantitative estimate of drug-likeness (QED) is 0.671. The van der Waals surface area contributed by atoms with Crippen LogP contribution in [0.3, 0.4) is 0 Å². The number of hydrogen-bond donors (Lipinski definition) is 1. The molecule has 1 aliphatic rings. The Morgan fingerprint density at radius 2 is 2.40 bits per heavy atom. The predicted octanol–water partition coefficient (Wildman–Crippen LogP) is -0.0750.